The zero-order valence-electron chi connectivity index (χ0n) is 28.8. The van der Waals surface area contributed by atoms with E-state index >= 15 is 0 Å². The Bertz CT molecular complexity index is 1320. The van der Waals surface area contributed by atoms with Gasteiger partial charge < -0.3 is 20.0 Å². The van der Waals surface area contributed by atoms with Crippen LogP contribution in [0.5, 0.6) is 0 Å². The average molecular weight is 679 g/mol. The van der Waals surface area contributed by atoms with Gasteiger partial charge in [0.05, 0.1) is 11.1 Å². The van der Waals surface area contributed by atoms with E-state index in [2.05, 4.69) is 50.0 Å². The minimum Gasteiger partial charge on any atom is -0.335 e. The molecular formula is C39H58N4O2S2. The Morgan fingerprint density at radius 1 is 0.596 bits per heavy atom. The third kappa shape index (κ3) is 7.86. The van der Waals surface area contributed by atoms with Crippen LogP contribution in [0.2, 0.25) is 0 Å². The molecule has 6 heterocycles. The Kier molecular flexibility index (Phi) is 11.4. The summed E-state index contributed by atoms with van der Waals surface area (Å²) in [6.07, 6.45) is 20.4. The Balaban J connectivity index is 0.000000150. The van der Waals surface area contributed by atoms with Crippen LogP contribution >= 0.6 is 22.7 Å². The molecule has 8 heteroatoms. The number of piperidine rings is 4. The normalized spacial score (nSPS) is 29.4. The van der Waals surface area contributed by atoms with E-state index in [4.69, 9.17) is 0 Å². The fourth-order valence-electron chi connectivity index (χ4n) is 9.84. The summed E-state index contributed by atoms with van der Waals surface area (Å²) in [5, 5.41) is 7.67. The van der Waals surface area contributed by atoms with Crippen LogP contribution in [-0.2, 0) is 0 Å². The maximum atomic E-state index is 13.1. The number of rotatable bonds is 4. The summed E-state index contributed by atoms with van der Waals surface area (Å²) in [4.78, 5) is 35.9. The molecule has 2 amide bonds. The van der Waals surface area contributed by atoms with E-state index < -0.39 is 0 Å². The molecule has 6 nitrogen and oxygen atoms in total. The summed E-state index contributed by atoms with van der Waals surface area (Å²) in [6.45, 7) is 6.53. The predicted octanol–water partition coefficient (Wildman–Crippen LogP) is 8.36. The number of likely N-dealkylation sites (tertiary alicyclic amines) is 3. The van der Waals surface area contributed by atoms with Crippen molar-refractivity contribution < 1.29 is 9.59 Å². The van der Waals surface area contributed by atoms with Gasteiger partial charge in [-0.3, -0.25) is 9.59 Å². The quantitative estimate of drug-likeness (QED) is 0.353. The standard InChI is InChI=1S/C20H30N2OS.C19H28N2OS/c1-21-11-8-16(9-12-21)19-13-17(14-24-19)20(23)22-10-4-6-15-5-2-3-7-18(15)22;22-19(21-11-3-5-14-4-1-2-6-17(14)21)16-12-18(23-13-16)15-7-9-20-10-8-15/h13-16,18H,2-12H2,1H3;12-15,17,20H,1-11H2. The number of thiophene rings is 2. The largest absolute Gasteiger partial charge is 0.335 e. The van der Waals surface area contributed by atoms with Gasteiger partial charge in [0.15, 0.2) is 0 Å². The molecule has 4 atom stereocenters. The van der Waals surface area contributed by atoms with E-state index in [0.29, 0.717) is 35.7 Å². The number of fused-ring (bicyclic) bond motifs is 2. The van der Waals surface area contributed by atoms with Crippen molar-refractivity contribution in [2.45, 2.75) is 127 Å². The Morgan fingerprint density at radius 2 is 1.04 bits per heavy atom. The zero-order valence-corrected chi connectivity index (χ0v) is 30.4. The smallest absolute Gasteiger partial charge is 0.254 e. The van der Waals surface area contributed by atoms with Crippen molar-refractivity contribution in [3.8, 4) is 0 Å². The van der Waals surface area contributed by atoms with Crippen LogP contribution in [0.4, 0.5) is 0 Å². The van der Waals surface area contributed by atoms with Crippen molar-refractivity contribution in [3.05, 3.63) is 43.8 Å². The van der Waals surface area contributed by atoms with Gasteiger partial charge in [0, 0.05) is 45.7 Å². The second-order valence-corrected chi connectivity index (χ2v) is 17.5. The number of hydrogen-bond acceptors (Lipinski definition) is 6. The summed E-state index contributed by atoms with van der Waals surface area (Å²) < 4.78 is 0. The van der Waals surface area contributed by atoms with Crippen LogP contribution in [0.15, 0.2) is 22.9 Å². The molecular weight excluding hydrogens is 621 g/mol. The lowest BCUT2D eigenvalue weighted by molar-refractivity contribution is 0.0386. The topological polar surface area (TPSA) is 55.9 Å². The molecule has 47 heavy (non-hydrogen) atoms. The Labute approximate surface area is 291 Å². The number of carbonyl (C=O) groups is 2. The molecule has 2 saturated carbocycles. The molecule has 2 aromatic rings. The summed E-state index contributed by atoms with van der Waals surface area (Å²) >= 11 is 3.62. The average Bonchev–Trinajstić information content (AvgIpc) is 3.83. The van der Waals surface area contributed by atoms with E-state index in [1.54, 1.807) is 11.3 Å². The molecule has 4 aliphatic heterocycles. The molecule has 1 N–H and O–H groups in total. The third-order valence-electron chi connectivity index (χ3n) is 12.6. The number of amides is 2. The van der Waals surface area contributed by atoms with Gasteiger partial charge in [0.2, 0.25) is 0 Å². The maximum absolute atomic E-state index is 13.1. The number of hydrogen-bond donors (Lipinski definition) is 1. The van der Waals surface area contributed by atoms with Gasteiger partial charge in [-0.1, -0.05) is 25.7 Å². The molecule has 4 unspecified atom stereocenters. The first-order valence-corrected chi connectivity index (χ1v) is 21.0. The first kappa shape index (κ1) is 33.7. The first-order chi connectivity index (χ1) is 23.0. The van der Waals surface area contributed by atoms with Gasteiger partial charge in [0.1, 0.15) is 0 Å². The van der Waals surface area contributed by atoms with Crippen LogP contribution in [0.3, 0.4) is 0 Å². The fraction of sp³-hybridized carbons (Fsp3) is 0.744. The molecule has 6 fully saturated rings. The molecule has 0 radical (unpaired) electrons. The minimum absolute atomic E-state index is 0.304. The van der Waals surface area contributed by atoms with Crippen LogP contribution < -0.4 is 5.32 Å². The molecule has 2 aromatic heterocycles. The summed E-state index contributed by atoms with van der Waals surface area (Å²) in [6, 6.07) is 5.46. The SMILES string of the molecule is CN1CCC(c2cc(C(=O)N3CCCC4CCCCC43)cs2)CC1.O=C(c1csc(C2CCNCC2)c1)N1CCCC2CCCCC21. The van der Waals surface area contributed by atoms with Gasteiger partial charge in [-0.15, -0.1) is 22.7 Å². The van der Waals surface area contributed by atoms with Crippen molar-refractivity contribution in [1.29, 1.82) is 0 Å². The fourth-order valence-corrected chi connectivity index (χ4v) is 12.0. The van der Waals surface area contributed by atoms with Crippen molar-refractivity contribution in [3.63, 3.8) is 0 Å². The molecule has 258 valence electrons. The summed E-state index contributed by atoms with van der Waals surface area (Å²) in [7, 11) is 2.20. The van der Waals surface area contributed by atoms with Crippen LogP contribution in [-0.4, -0.2) is 84.9 Å². The van der Waals surface area contributed by atoms with Gasteiger partial charge in [-0.05, 0) is 146 Å². The second-order valence-electron chi connectivity index (χ2n) is 15.6. The minimum atomic E-state index is 0.304. The first-order valence-electron chi connectivity index (χ1n) is 19.2. The van der Waals surface area contributed by atoms with E-state index in [-0.39, 0.29) is 0 Å². The number of nitrogens with one attached hydrogen (secondary N) is 1. The summed E-state index contributed by atoms with van der Waals surface area (Å²) in [5.74, 6) is 3.47. The van der Waals surface area contributed by atoms with E-state index in [1.165, 1.54) is 126 Å². The van der Waals surface area contributed by atoms with Crippen molar-refractivity contribution in [1.82, 2.24) is 20.0 Å². The Morgan fingerprint density at radius 3 is 1.55 bits per heavy atom. The van der Waals surface area contributed by atoms with Crippen LogP contribution in [0.25, 0.3) is 0 Å². The van der Waals surface area contributed by atoms with Gasteiger partial charge in [-0.25, -0.2) is 0 Å². The van der Waals surface area contributed by atoms with Crippen LogP contribution in [0.1, 0.15) is 145 Å². The molecule has 0 aromatic carbocycles. The highest BCUT2D eigenvalue weighted by atomic mass is 32.1. The van der Waals surface area contributed by atoms with Crippen molar-refractivity contribution in [2.75, 3.05) is 46.3 Å². The van der Waals surface area contributed by atoms with Crippen LogP contribution in [0, 0.1) is 11.8 Å². The van der Waals surface area contributed by atoms with Gasteiger partial charge in [0.25, 0.3) is 11.8 Å². The lowest BCUT2D eigenvalue weighted by atomic mass is 9.78. The van der Waals surface area contributed by atoms with E-state index in [9.17, 15) is 9.59 Å². The highest BCUT2D eigenvalue weighted by Gasteiger charge is 2.38. The molecule has 8 rings (SSSR count). The lowest BCUT2D eigenvalue weighted by Gasteiger charge is -2.44. The number of carbonyl (C=O) groups excluding carboxylic acids is 2. The van der Waals surface area contributed by atoms with Crippen molar-refractivity contribution >= 4 is 34.5 Å². The molecule has 0 spiro atoms. The third-order valence-corrected chi connectivity index (χ3v) is 14.8. The van der Waals surface area contributed by atoms with Crippen molar-refractivity contribution in [2.24, 2.45) is 11.8 Å². The maximum Gasteiger partial charge on any atom is 0.254 e. The van der Waals surface area contributed by atoms with E-state index in [1.807, 2.05) is 11.3 Å². The second kappa shape index (κ2) is 15.9. The lowest BCUT2D eigenvalue weighted by Crippen LogP contribution is -2.49. The highest BCUT2D eigenvalue weighted by Crippen LogP contribution is 2.39. The Hall–Kier alpha value is -1.74. The van der Waals surface area contributed by atoms with Gasteiger partial charge in [-0.2, -0.15) is 0 Å². The summed E-state index contributed by atoms with van der Waals surface area (Å²) in [5.41, 5.74) is 1.91. The molecule has 2 aliphatic carbocycles. The van der Waals surface area contributed by atoms with Gasteiger partial charge >= 0.3 is 0 Å². The predicted molar refractivity (Wildman–Crippen MR) is 195 cm³/mol. The number of nitrogens with zero attached hydrogens (tertiary/aromatic N) is 3. The molecule has 6 aliphatic rings. The monoisotopic (exact) mass is 678 g/mol. The molecule has 4 saturated heterocycles. The highest BCUT2D eigenvalue weighted by molar-refractivity contribution is 7.10. The zero-order chi connectivity index (χ0) is 32.2. The molecule has 0 bridgehead atoms. The van der Waals surface area contributed by atoms with E-state index in [0.717, 1.165) is 49.1 Å².